The Balaban J connectivity index is 2.15. The number of rotatable bonds is 2. The normalized spacial score (nSPS) is 15.7. The fraction of sp³-hybridized carbons (Fsp3) is 0.318. The Hall–Kier alpha value is -2.15. The molecule has 0 radical (unpaired) electrons. The van der Waals surface area contributed by atoms with Gasteiger partial charge in [-0.1, -0.05) is 50.2 Å². The lowest BCUT2D eigenvalue weighted by molar-refractivity contribution is -0.756. The predicted molar refractivity (Wildman–Crippen MR) is 96.5 cm³/mol. The van der Waals surface area contributed by atoms with Crippen molar-refractivity contribution >= 4 is 10.8 Å². The van der Waals surface area contributed by atoms with Crippen LogP contribution < -0.4 is 4.57 Å². The van der Waals surface area contributed by atoms with E-state index in [0.29, 0.717) is 0 Å². The molecule has 3 aromatic rings. The Bertz CT molecular complexity index is 859. The molecule has 0 atom stereocenters. The van der Waals surface area contributed by atoms with Gasteiger partial charge in [0, 0.05) is 25.3 Å². The highest BCUT2D eigenvalue weighted by Crippen LogP contribution is 2.37. The maximum absolute atomic E-state index is 2.58. The Morgan fingerprint density at radius 1 is 0.913 bits per heavy atom. The van der Waals surface area contributed by atoms with Crippen LogP contribution in [0, 0.1) is 0 Å². The molecule has 1 aliphatic rings. The van der Waals surface area contributed by atoms with E-state index in [4.69, 9.17) is 0 Å². The first-order valence-electron chi connectivity index (χ1n) is 8.81. The quantitative estimate of drug-likeness (QED) is 0.569. The van der Waals surface area contributed by atoms with Crippen LogP contribution in [-0.4, -0.2) is 0 Å². The van der Waals surface area contributed by atoms with Crippen molar-refractivity contribution in [2.24, 2.45) is 0 Å². The average Bonchev–Trinajstić information content (AvgIpc) is 2.77. The van der Waals surface area contributed by atoms with Gasteiger partial charge in [0.15, 0.2) is 11.7 Å². The topological polar surface area (TPSA) is 3.88 Å². The van der Waals surface area contributed by atoms with Crippen molar-refractivity contribution in [3.05, 3.63) is 66.4 Å². The Morgan fingerprint density at radius 3 is 2.48 bits per heavy atom. The van der Waals surface area contributed by atoms with Crippen LogP contribution in [0.25, 0.3) is 22.0 Å². The van der Waals surface area contributed by atoms with Crippen molar-refractivity contribution in [1.29, 1.82) is 0 Å². The second kappa shape index (κ2) is 5.49. The van der Waals surface area contributed by atoms with E-state index in [9.17, 15) is 0 Å². The van der Waals surface area contributed by atoms with Crippen LogP contribution in [0.5, 0.6) is 0 Å². The van der Waals surface area contributed by atoms with Crippen LogP contribution in [0.2, 0.25) is 0 Å². The van der Waals surface area contributed by atoms with Gasteiger partial charge in [0.25, 0.3) is 0 Å². The van der Waals surface area contributed by atoms with Crippen LogP contribution >= 0.6 is 0 Å². The molecule has 0 spiro atoms. The highest BCUT2D eigenvalue weighted by molar-refractivity contribution is 5.93. The third kappa shape index (κ3) is 2.10. The standard InChI is InChI=1S/C22H24N/c1-3-22(4-2)15-13-17-9-5-7-11-19(17)21-20-12-8-6-10-18(20)14-16-23(21)22/h5-12,14,16H,3-4,13,15H2,1-2H3/q+1. The van der Waals surface area contributed by atoms with Crippen molar-refractivity contribution in [1.82, 2.24) is 0 Å². The van der Waals surface area contributed by atoms with Gasteiger partial charge >= 0.3 is 0 Å². The summed E-state index contributed by atoms with van der Waals surface area (Å²) in [5, 5.41) is 2.70. The molecule has 0 N–H and O–H groups in total. The second-order valence-corrected chi connectivity index (χ2v) is 6.71. The zero-order valence-electron chi connectivity index (χ0n) is 14.0. The van der Waals surface area contributed by atoms with E-state index in [2.05, 4.69) is 79.2 Å². The molecule has 1 nitrogen and oxygen atoms in total. The summed E-state index contributed by atoms with van der Waals surface area (Å²) in [4.78, 5) is 0. The van der Waals surface area contributed by atoms with Gasteiger partial charge in [0.1, 0.15) is 0 Å². The van der Waals surface area contributed by atoms with Gasteiger partial charge in [-0.25, -0.2) is 0 Å². The molecule has 23 heavy (non-hydrogen) atoms. The van der Waals surface area contributed by atoms with Crippen LogP contribution in [0.4, 0.5) is 0 Å². The largest absolute Gasteiger partial charge is 0.221 e. The summed E-state index contributed by atoms with van der Waals surface area (Å²) in [7, 11) is 0. The summed E-state index contributed by atoms with van der Waals surface area (Å²) in [5.74, 6) is 0. The number of aryl methyl sites for hydroxylation is 1. The molecule has 0 aliphatic carbocycles. The number of hydrogen-bond donors (Lipinski definition) is 0. The lowest BCUT2D eigenvalue weighted by atomic mass is 9.86. The molecule has 2 heterocycles. The highest BCUT2D eigenvalue weighted by atomic mass is 15.1. The maximum atomic E-state index is 2.58. The fourth-order valence-corrected chi connectivity index (χ4v) is 4.29. The zero-order chi connectivity index (χ0) is 15.9. The molecule has 1 heteroatoms. The van der Waals surface area contributed by atoms with E-state index < -0.39 is 0 Å². The molecule has 0 saturated carbocycles. The summed E-state index contributed by atoms with van der Waals surface area (Å²) in [6.45, 7) is 4.68. The van der Waals surface area contributed by atoms with Gasteiger partial charge in [-0.2, -0.15) is 4.57 Å². The number of benzene rings is 2. The van der Waals surface area contributed by atoms with Crippen LogP contribution in [0.3, 0.4) is 0 Å². The van der Waals surface area contributed by atoms with E-state index in [1.165, 1.54) is 46.9 Å². The highest BCUT2D eigenvalue weighted by Gasteiger charge is 2.41. The zero-order valence-corrected chi connectivity index (χ0v) is 14.0. The number of aromatic nitrogens is 1. The second-order valence-electron chi connectivity index (χ2n) is 6.71. The first-order chi connectivity index (χ1) is 11.3. The third-order valence-corrected chi connectivity index (χ3v) is 5.82. The third-order valence-electron chi connectivity index (χ3n) is 5.82. The lowest BCUT2D eigenvalue weighted by Gasteiger charge is -2.26. The molecular formula is C22H24N+. The van der Waals surface area contributed by atoms with E-state index in [1.54, 1.807) is 0 Å². The molecule has 0 saturated heterocycles. The Morgan fingerprint density at radius 2 is 1.65 bits per heavy atom. The molecule has 0 fully saturated rings. The van der Waals surface area contributed by atoms with Gasteiger partial charge in [-0.15, -0.1) is 0 Å². The molecule has 1 aromatic heterocycles. The average molecular weight is 302 g/mol. The summed E-state index contributed by atoms with van der Waals surface area (Å²) in [6, 6.07) is 20.0. The monoisotopic (exact) mass is 302 g/mol. The van der Waals surface area contributed by atoms with Crippen molar-refractivity contribution in [3.63, 3.8) is 0 Å². The smallest absolute Gasteiger partial charge is 0.192 e. The minimum Gasteiger partial charge on any atom is -0.192 e. The van der Waals surface area contributed by atoms with Crippen molar-refractivity contribution in [2.75, 3.05) is 0 Å². The molecule has 2 aromatic carbocycles. The van der Waals surface area contributed by atoms with Gasteiger partial charge in [-0.05, 0) is 29.5 Å². The first kappa shape index (κ1) is 14.4. The summed E-state index contributed by atoms with van der Waals surface area (Å²) in [6.07, 6.45) is 7.05. The molecule has 116 valence electrons. The molecule has 0 unspecified atom stereocenters. The molecule has 1 aliphatic heterocycles. The number of hydrogen-bond acceptors (Lipinski definition) is 0. The molecule has 0 bridgehead atoms. The van der Waals surface area contributed by atoms with E-state index in [0.717, 1.165) is 6.42 Å². The molecule has 0 amide bonds. The summed E-state index contributed by atoms with van der Waals surface area (Å²) in [5.41, 5.74) is 4.52. The van der Waals surface area contributed by atoms with Crippen molar-refractivity contribution in [3.8, 4) is 11.3 Å². The summed E-state index contributed by atoms with van der Waals surface area (Å²) < 4.78 is 2.58. The molecule has 4 rings (SSSR count). The van der Waals surface area contributed by atoms with Crippen molar-refractivity contribution < 1.29 is 4.57 Å². The minimum absolute atomic E-state index is 0.221. The van der Waals surface area contributed by atoms with E-state index >= 15 is 0 Å². The van der Waals surface area contributed by atoms with Crippen LogP contribution in [0.1, 0.15) is 38.7 Å². The van der Waals surface area contributed by atoms with Gasteiger partial charge in [-0.3, -0.25) is 0 Å². The van der Waals surface area contributed by atoms with E-state index in [1.807, 2.05) is 0 Å². The van der Waals surface area contributed by atoms with Crippen molar-refractivity contribution in [2.45, 2.75) is 45.1 Å². The van der Waals surface area contributed by atoms with Gasteiger partial charge in [0.05, 0.1) is 10.9 Å². The summed E-state index contributed by atoms with van der Waals surface area (Å²) >= 11 is 0. The van der Waals surface area contributed by atoms with Crippen LogP contribution in [0.15, 0.2) is 60.8 Å². The SMILES string of the molecule is CCC1(CC)CCc2ccccc2-c2c3ccccc3cc[n+]21. The minimum atomic E-state index is 0.221. The number of fused-ring (bicyclic) bond motifs is 5. The van der Waals surface area contributed by atoms with Crippen LogP contribution in [-0.2, 0) is 12.0 Å². The van der Waals surface area contributed by atoms with E-state index in [-0.39, 0.29) is 5.54 Å². The predicted octanol–water partition coefficient (Wildman–Crippen LogP) is 5.26. The lowest BCUT2D eigenvalue weighted by Crippen LogP contribution is -2.56. The number of nitrogens with zero attached hydrogens (tertiary/aromatic N) is 1. The number of pyridine rings is 1. The Kier molecular flexibility index (Phi) is 3.45. The first-order valence-corrected chi connectivity index (χ1v) is 8.81. The Labute approximate surface area is 138 Å². The fourth-order valence-electron chi connectivity index (χ4n) is 4.29. The van der Waals surface area contributed by atoms with Gasteiger partial charge < -0.3 is 0 Å². The molecular weight excluding hydrogens is 278 g/mol. The maximum Gasteiger partial charge on any atom is 0.221 e. The van der Waals surface area contributed by atoms with Gasteiger partial charge in [0.2, 0.25) is 5.69 Å².